The Bertz CT molecular complexity index is 1050. The van der Waals surface area contributed by atoms with Gasteiger partial charge in [-0.2, -0.15) is 0 Å². The molecule has 0 aliphatic heterocycles. The quantitative estimate of drug-likeness (QED) is 0.581. The predicted octanol–water partition coefficient (Wildman–Crippen LogP) is 4.75. The van der Waals surface area contributed by atoms with Crippen LogP contribution in [0.2, 0.25) is 0 Å². The fourth-order valence-corrected chi connectivity index (χ4v) is 2.98. The van der Waals surface area contributed by atoms with Gasteiger partial charge in [0.25, 0.3) is 0 Å². The van der Waals surface area contributed by atoms with Crippen molar-refractivity contribution in [3.63, 3.8) is 0 Å². The third-order valence-corrected chi connectivity index (χ3v) is 4.06. The molecule has 0 aliphatic carbocycles. The van der Waals surface area contributed by atoms with E-state index in [1.54, 1.807) is 18.3 Å². The molecule has 0 amide bonds. The summed E-state index contributed by atoms with van der Waals surface area (Å²) in [7, 11) is 0. The van der Waals surface area contributed by atoms with E-state index in [-0.39, 0.29) is 0 Å². The van der Waals surface area contributed by atoms with Gasteiger partial charge in [0.1, 0.15) is 0 Å². The topological polar surface area (TPSA) is 50.2 Å². The van der Waals surface area contributed by atoms with Gasteiger partial charge in [0.2, 0.25) is 0 Å². The zero-order valence-electron chi connectivity index (χ0n) is 12.2. The van der Waals surface area contributed by atoms with Gasteiger partial charge in [0.05, 0.1) is 11.1 Å². The van der Waals surface area contributed by atoms with E-state index in [1.165, 1.54) is 0 Å². The van der Waals surface area contributed by atoms with Crippen LogP contribution >= 0.6 is 0 Å². The van der Waals surface area contributed by atoms with Crippen molar-refractivity contribution in [3.05, 3.63) is 78.5 Å². The Morgan fingerprint density at radius 3 is 2.43 bits per heavy atom. The van der Waals surface area contributed by atoms with Gasteiger partial charge >= 0.3 is 5.97 Å². The largest absolute Gasteiger partial charge is 0.478 e. The number of carbonyl (C=O) groups is 1. The summed E-state index contributed by atoms with van der Waals surface area (Å²) in [4.78, 5) is 15.7. The number of hydrogen-bond donors (Lipinski definition) is 1. The van der Waals surface area contributed by atoms with Crippen LogP contribution in [0, 0.1) is 0 Å². The van der Waals surface area contributed by atoms with E-state index < -0.39 is 5.97 Å². The zero-order valence-corrected chi connectivity index (χ0v) is 12.2. The molecule has 0 fully saturated rings. The van der Waals surface area contributed by atoms with Gasteiger partial charge < -0.3 is 5.11 Å². The smallest absolute Gasteiger partial charge is 0.335 e. The number of aromatic nitrogens is 1. The number of carboxylic acid groups (broad SMARTS) is 1. The number of fused-ring (bicyclic) bond motifs is 2. The monoisotopic (exact) mass is 299 g/mol. The van der Waals surface area contributed by atoms with E-state index in [4.69, 9.17) is 0 Å². The Labute approximate surface area is 132 Å². The summed E-state index contributed by atoms with van der Waals surface area (Å²) in [6, 6.07) is 21.2. The van der Waals surface area contributed by atoms with E-state index >= 15 is 0 Å². The average molecular weight is 299 g/mol. The van der Waals surface area contributed by atoms with Gasteiger partial charge in [-0.1, -0.05) is 42.5 Å². The number of nitrogens with zero attached hydrogens (tertiary/aromatic N) is 1. The number of aromatic carboxylic acids is 1. The van der Waals surface area contributed by atoms with Crippen molar-refractivity contribution in [2.24, 2.45) is 0 Å². The van der Waals surface area contributed by atoms with Gasteiger partial charge in [0.15, 0.2) is 0 Å². The van der Waals surface area contributed by atoms with Gasteiger partial charge in [-0.15, -0.1) is 0 Å². The highest BCUT2D eigenvalue weighted by Gasteiger charge is 2.10. The first-order valence-corrected chi connectivity index (χ1v) is 7.34. The molecular formula is C20H13NO2. The van der Waals surface area contributed by atoms with Crippen LogP contribution in [-0.2, 0) is 0 Å². The van der Waals surface area contributed by atoms with Gasteiger partial charge in [0, 0.05) is 11.6 Å². The van der Waals surface area contributed by atoms with Crippen molar-refractivity contribution < 1.29 is 9.90 Å². The first-order chi connectivity index (χ1) is 11.2. The summed E-state index contributed by atoms with van der Waals surface area (Å²) in [5.41, 5.74) is 3.30. The molecule has 0 atom stereocenters. The molecule has 1 N–H and O–H groups in total. The molecular weight excluding hydrogens is 286 g/mol. The zero-order chi connectivity index (χ0) is 15.8. The average Bonchev–Trinajstić information content (AvgIpc) is 2.60. The van der Waals surface area contributed by atoms with Crippen LogP contribution in [0.3, 0.4) is 0 Å². The third-order valence-electron chi connectivity index (χ3n) is 4.06. The second-order valence-electron chi connectivity index (χ2n) is 5.42. The highest BCUT2D eigenvalue weighted by molar-refractivity contribution is 6.06. The van der Waals surface area contributed by atoms with Crippen LogP contribution in [0.25, 0.3) is 32.8 Å². The lowest BCUT2D eigenvalue weighted by atomic mass is 9.94. The Hall–Kier alpha value is -3.20. The van der Waals surface area contributed by atoms with Crippen LogP contribution in [0.15, 0.2) is 72.9 Å². The van der Waals surface area contributed by atoms with Crippen LogP contribution in [0.4, 0.5) is 0 Å². The fourth-order valence-electron chi connectivity index (χ4n) is 2.98. The number of hydrogen-bond acceptors (Lipinski definition) is 2. The lowest BCUT2D eigenvalue weighted by molar-refractivity contribution is 0.0697. The third kappa shape index (κ3) is 2.23. The summed E-state index contributed by atoms with van der Waals surface area (Å²) in [5, 5.41) is 12.3. The molecule has 4 aromatic rings. The van der Waals surface area contributed by atoms with E-state index in [9.17, 15) is 9.90 Å². The summed E-state index contributed by atoms with van der Waals surface area (Å²) in [6.45, 7) is 0. The minimum absolute atomic E-state index is 0.295. The van der Waals surface area contributed by atoms with Gasteiger partial charge in [-0.3, -0.25) is 4.98 Å². The van der Waals surface area contributed by atoms with E-state index in [0.717, 1.165) is 32.8 Å². The summed E-state index contributed by atoms with van der Waals surface area (Å²) in [5.74, 6) is -0.915. The molecule has 4 rings (SSSR count). The molecule has 23 heavy (non-hydrogen) atoms. The van der Waals surface area contributed by atoms with Crippen LogP contribution in [-0.4, -0.2) is 16.1 Å². The molecule has 0 saturated heterocycles. The number of carboxylic acids is 1. The normalized spacial score (nSPS) is 11.0. The highest BCUT2D eigenvalue weighted by atomic mass is 16.4. The maximum absolute atomic E-state index is 11.3. The van der Waals surface area contributed by atoms with Crippen molar-refractivity contribution in [1.82, 2.24) is 4.98 Å². The molecule has 1 aromatic heterocycles. The van der Waals surface area contributed by atoms with Crippen molar-refractivity contribution in [3.8, 4) is 11.1 Å². The molecule has 3 aromatic carbocycles. The molecule has 110 valence electrons. The highest BCUT2D eigenvalue weighted by Crippen LogP contribution is 2.33. The second-order valence-corrected chi connectivity index (χ2v) is 5.42. The van der Waals surface area contributed by atoms with E-state index in [2.05, 4.69) is 4.98 Å². The lowest BCUT2D eigenvalue weighted by Crippen LogP contribution is -1.96. The van der Waals surface area contributed by atoms with Crippen LogP contribution < -0.4 is 0 Å². The number of pyridine rings is 1. The van der Waals surface area contributed by atoms with Gasteiger partial charge in [-0.05, 0) is 46.2 Å². The maximum Gasteiger partial charge on any atom is 0.335 e. The Balaban J connectivity index is 2.08. The molecule has 0 aliphatic rings. The van der Waals surface area contributed by atoms with E-state index in [1.807, 2.05) is 54.6 Å². The summed E-state index contributed by atoms with van der Waals surface area (Å²) >= 11 is 0. The minimum atomic E-state index is -0.915. The molecule has 0 radical (unpaired) electrons. The first-order valence-electron chi connectivity index (χ1n) is 7.34. The molecule has 0 bridgehead atoms. The molecule has 0 unspecified atom stereocenters. The Morgan fingerprint density at radius 1 is 0.826 bits per heavy atom. The first kappa shape index (κ1) is 13.5. The number of benzene rings is 3. The molecule has 3 heteroatoms. The Morgan fingerprint density at radius 2 is 1.61 bits per heavy atom. The van der Waals surface area contributed by atoms with Crippen molar-refractivity contribution in [1.29, 1.82) is 0 Å². The summed E-state index contributed by atoms with van der Waals surface area (Å²) < 4.78 is 0. The van der Waals surface area contributed by atoms with Crippen molar-refractivity contribution in [2.75, 3.05) is 0 Å². The predicted molar refractivity (Wildman–Crippen MR) is 91.6 cm³/mol. The molecule has 0 spiro atoms. The molecule has 1 heterocycles. The van der Waals surface area contributed by atoms with Crippen molar-refractivity contribution >= 4 is 27.6 Å². The van der Waals surface area contributed by atoms with Crippen LogP contribution in [0.5, 0.6) is 0 Å². The molecule has 0 saturated carbocycles. The number of rotatable bonds is 2. The van der Waals surface area contributed by atoms with Crippen molar-refractivity contribution in [2.45, 2.75) is 0 Å². The second kappa shape index (κ2) is 5.21. The van der Waals surface area contributed by atoms with E-state index in [0.29, 0.717) is 5.56 Å². The maximum atomic E-state index is 11.3. The standard InChI is InChI=1S/C20H13NO2/c22-20(23)14-10-9-13-4-1-5-16(18(13)12-14)15-6-2-8-19-17(15)7-3-11-21-19/h1-12H,(H,22,23). The van der Waals surface area contributed by atoms with Crippen LogP contribution in [0.1, 0.15) is 10.4 Å². The SMILES string of the molecule is O=C(O)c1ccc2cccc(-c3cccc4ncccc34)c2c1. The molecule has 3 nitrogen and oxygen atoms in total. The fraction of sp³-hybridized carbons (Fsp3) is 0. The van der Waals surface area contributed by atoms with Gasteiger partial charge in [-0.25, -0.2) is 4.79 Å². The lowest BCUT2D eigenvalue weighted by Gasteiger charge is -2.10. The Kier molecular flexibility index (Phi) is 3.05. The minimum Gasteiger partial charge on any atom is -0.478 e. The summed E-state index contributed by atoms with van der Waals surface area (Å²) in [6.07, 6.45) is 1.78.